The number of hydrogen-bond donors (Lipinski definition) is 4. The van der Waals surface area contributed by atoms with E-state index in [4.69, 9.17) is 0 Å². The van der Waals surface area contributed by atoms with Gasteiger partial charge in [-0.2, -0.15) is 5.10 Å². The van der Waals surface area contributed by atoms with Crippen LogP contribution in [0.3, 0.4) is 0 Å². The van der Waals surface area contributed by atoms with Gasteiger partial charge in [-0.15, -0.1) is 0 Å². The highest BCUT2D eigenvalue weighted by Crippen LogP contribution is 2.29. The average Bonchev–Trinajstić information content (AvgIpc) is 3.36. The van der Waals surface area contributed by atoms with Crippen LogP contribution >= 0.6 is 0 Å². The molecule has 0 bridgehead atoms. The minimum absolute atomic E-state index is 0.385. The molecule has 5 heterocycles. The summed E-state index contributed by atoms with van der Waals surface area (Å²) in [5, 5.41) is 21.6. The second kappa shape index (κ2) is 7.77. The van der Waals surface area contributed by atoms with Crippen molar-refractivity contribution in [2.75, 3.05) is 5.32 Å². The first-order valence-corrected chi connectivity index (χ1v) is 10.1. The van der Waals surface area contributed by atoms with E-state index in [1.54, 1.807) is 24.8 Å². The number of nitrogens with zero attached hydrogens (tertiary/aromatic N) is 5. The number of aliphatic hydroxyl groups is 1. The maximum atomic E-state index is 10.2. The molecule has 5 aromatic heterocycles. The molecule has 156 valence electrons. The zero-order chi connectivity index (χ0) is 21.4. The summed E-state index contributed by atoms with van der Waals surface area (Å²) in [6.45, 7) is 4.14. The number of aliphatic hydroxyl groups excluding tert-OH is 1. The molecule has 0 fully saturated rings. The van der Waals surface area contributed by atoms with Crippen molar-refractivity contribution < 1.29 is 5.11 Å². The molecule has 31 heavy (non-hydrogen) atoms. The number of H-pyrrole nitrogens is 2. The van der Waals surface area contributed by atoms with E-state index < -0.39 is 6.23 Å². The lowest BCUT2D eigenvalue weighted by molar-refractivity contribution is 0.176. The lowest BCUT2D eigenvalue weighted by Crippen LogP contribution is -2.20. The van der Waals surface area contributed by atoms with Crippen LogP contribution in [0.15, 0.2) is 49.1 Å². The molecule has 9 nitrogen and oxygen atoms in total. The van der Waals surface area contributed by atoms with E-state index in [-0.39, 0.29) is 0 Å². The van der Waals surface area contributed by atoms with Crippen molar-refractivity contribution in [3.63, 3.8) is 0 Å². The Kier molecular flexibility index (Phi) is 4.79. The maximum Gasteiger partial charge on any atom is 0.178 e. The Balaban J connectivity index is 1.50. The Morgan fingerprint density at radius 3 is 2.84 bits per heavy atom. The van der Waals surface area contributed by atoms with Gasteiger partial charge in [-0.05, 0) is 36.6 Å². The van der Waals surface area contributed by atoms with Crippen molar-refractivity contribution in [1.82, 2.24) is 35.1 Å². The molecule has 4 N–H and O–H groups in total. The smallest absolute Gasteiger partial charge is 0.178 e. The molecule has 5 rings (SSSR count). The molecule has 0 radical (unpaired) electrons. The van der Waals surface area contributed by atoms with Crippen molar-refractivity contribution in [2.45, 2.75) is 26.5 Å². The predicted octanol–water partition coefficient (Wildman–Crippen LogP) is 3.73. The highest BCUT2D eigenvalue weighted by atomic mass is 16.3. The largest absolute Gasteiger partial charge is 0.374 e. The number of anilines is 1. The van der Waals surface area contributed by atoms with Gasteiger partial charge in [0.1, 0.15) is 11.9 Å². The van der Waals surface area contributed by atoms with E-state index in [2.05, 4.69) is 54.3 Å². The lowest BCUT2D eigenvalue weighted by Gasteiger charge is -2.16. The maximum absolute atomic E-state index is 10.2. The third kappa shape index (κ3) is 3.82. The van der Waals surface area contributed by atoms with E-state index in [0.29, 0.717) is 29.5 Å². The van der Waals surface area contributed by atoms with Crippen LogP contribution in [0.2, 0.25) is 0 Å². The van der Waals surface area contributed by atoms with Gasteiger partial charge in [0.05, 0.1) is 34.8 Å². The quantitative estimate of drug-likeness (QED) is 0.312. The Labute approximate surface area is 178 Å². The van der Waals surface area contributed by atoms with Crippen molar-refractivity contribution in [2.24, 2.45) is 5.92 Å². The van der Waals surface area contributed by atoms with Gasteiger partial charge < -0.3 is 15.4 Å². The zero-order valence-corrected chi connectivity index (χ0v) is 17.2. The summed E-state index contributed by atoms with van der Waals surface area (Å²) in [4.78, 5) is 21.0. The number of rotatable bonds is 6. The third-order valence-corrected chi connectivity index (χ3v) is 4.99. The Morgan fingerprint density at radius 1 is 1.10 bits per heavy atom. The molecule has 0 aliphatic heterocycles. The third-order valence-electron chi connectivity index (χ3n) is 4.99. The molecule has 0 saturated heterocycles. The summed E-state index contributed by atoms with van der Waals surface area (Å²) >= 11 is 0. The zero-order valence-electron chi connectivity index (χ0n) is 17.2. The van der Waals surface area contributed by atoms with Crippen LogP contribution in [0.1, 0.15) is 20.3 Å². The Hall–Kier alpha value is -3.85. The van der Waals surface area contributed by atoms with Gasteiger partial charge in [0, 0.05) is 23.3 Å². The summed E-state index contributed by atoms with van der Waals surface area (Å²) in [5.41, 5.74) is 5.33. The Morgan fingerprint density at radius 2 is 2.00 bits per heavy atom. The number of nitrogens with one attached hydrogen (secondary N) is 3. The molecule has 0 aliphatic rings. The van der Waals surface area contributed by atoms with E-state index in [1.165, 1.54) is 0 Å². The first-order chi connectivity index (χ1) is 15.1. The summed E-state index contributed by atoms with van der Waals surface area (Å²) in [6.07, 6.45) is 6.92. The van der Waals surface area contributed by atoms with Gasteiger partial charge in [0.25, 0.3) is 0 Å². The van der Waals surface area contributed by atoms with E-state index >= 15 is 0 Å². The average molecular weight is 414 g/mol. The molecule has 9 heteroatoms. The van der Waals surface area contributed by atoms with Crippen LogP contribution in [-0.4, -0.2) is 46.5 Å². The van der Waals surface area contributed by atoms with Crippen molar-refractivity contribution in [3.05, 3.63) is 49.1 Å². The van der Waals surface area contributed by atoms with E-state index in [0.717, 1.165) is 33.4 Å². The van der Waals surface area contributed by atoms with Crippen LogP contribution in [0.5, 0.6) is 0 Å². The SMILES string of the molecule is CC(C)CC(O)Nc1cncc(-c2cc3c(-c4nc5ncccc5[nH]4)n[nH]c3cn2)c1. The summed E-state index contributed by atoms with van der Waals surface area (Å²) in [5.74, 6) is 1.03. The minimum atomic E-state index is -0.630. The van der Waals surface area contributed by atoms with Crippen LogP contribution in [0.25, 0.3) is 44.8 Å². The summed E-state index contributed by atoms with van der Waals surface area (Å²) in [6, 6.07) is 7.68. The topological polar surface area (TPSA) is 128 Å². The molecular formula is C22H22N8O. The molecule has 0 saturated carbocycles. The van der Waals surface area contributed by atoms with Crippen molar-refractivity contribution in [3.8, 4) is 22.8 Å². The van der Waals surface area contributed by atoms with Gasteiger partial charge in [0.15, 0.2) is 11.5 Å². The molecular weight excluding hydrogens is 392 g/mol. The van der Waals surface area contributed by atoms with Crippen LogP contribution in [0.4, 0.5) is 5.69 Å². The first kappa shape index (κ1) is 19.1. The van der Waals surface area contributed by atoms with Crippen LogP contribution in [-0.2, 0) is 0 Å². The highest BCUT2D eigenvalue weighted by molar-refractivity contribution is 5.94. The van der Waals surface area contributed by atoms with Gasteiger partial charge in [-0.3, -0.25) is 15.1 Å². The molecule has 1 unspecified atom stereocenters. The van der Waals surface area contributed by atoms with Gasteiger partial charge in [0.2, 0.25) is 0 Å². The fraction of sp³-hybridized carbons (Fsp3) is 0.227. The standard InChI is InChI=1S/C22H22N8O/c1-12(2)6-19(31)26-14-7-13(9-23-10-14)17-8-15-18(11-25-17)29-30-20(15)22-27-16-4-3-5-24-21(16)28-22/h3-5,7-12,19,26,31H,6H2,1-2H3,(H,29,30)(H,24,27,28). The summed E-state index contributed by atoms with van der Waals surface area (Å²) < 4.78 is 0. The van der Waals surface area contributed by atoms with Crippen molar-refractivity contribution >= 4 is 27.8 Å². The second-order valence-corrected chi connectivity index (χ2v) is 7.90. The molecule has 0 spiro atoms. The van der Waals surface area contributed by atoms with Gasteiger partial charge in [-0.1, -0.05) is 13.8 Å². The minimum Gasteiger partial charge on any atom is -0.374 e. The van der Waals surface area contributed by atoms with E-state index in [1.807, 2.05) is 24.3 Å². The highest BCUT2D eigenvalue weighted by Gasteiger charge is 2.15. The molecule has 5 aromatic rings. The van der Waals surface area contributed by atoms with Gasteiger partial charge in [-0.25, -0.2) is 9.97 Å². The Bertz CT molecular complexity index is 1320. The number of aromatic amines is 2. The number of imidazole rings is 1. The fourth-order valence-corrected chi connectivity index (χ4v) is 3.57. The predicted molar refractivity (Wildman–Crippen MR) is 119 cm³/mol. The normalized spacial score (nSPS) is 12.6. The number of fused-ring (bicyclic) bond motifs is 2. The molecule has 0 aliphatic carbocycles. The summed E-state index contributed by atoms with van der Waals surface area (Å²) in [7, 11) is 0. The number of pyridine rings is 3. The van der Waals surface area contributed by atoms with Crippen LogP contribution in [0, 0.1) is 5.92 Å². The monoisotopic (exact) mass is 414 g/mol. The van der Waals surface area contributed by atoms with E-state index in [9.17, 15) is 5.11 Å². The number of hydrogen-bond acceptors (Lipinski definition) is 7. The van der Waals surface area contributed by atoms with Crippen molar-refractivity contribution in [1.29, 1.82) is 0 Å². The molecule has 1 atom stereocenters. The first-order valence-electron chi connectivity index (χ1n) is 10.1. The molecule has 0 aromatic carbocycles. The van der Waals surface area contributed by atoms with Crippen LogP contribution < -0.4 is 5.32 Å². The lowest BCUT2D eigenvalue weighted by atomic mass is 10.1. The fourth-order valence-electron chi connectivity index (χ4n) is 3.57. The number of aromatic nitrogens is 7. The molecule has 0 amide bonds. The second-order valence-electron chi connectivity index (χ2n) is 7.90. The van der Waals surface area contributed by atoms with Gasteiger partial charge >= 0.3 is 0 Å².